The molecule has 0 saturated heterocycles. The first-order valence-electron chi connectivity index (χ1n) is 10.1. The van der Waals surface area contributed by atoms with Crippen LogP contribution in [-0.2, 0) is 10.0 Å². The van der Waals surface area contributed by atoms with Gasteiger partial charge in [-0.3, -0.25) is 9.36 Å². The minimum Gasteiger partial charge on any atom is -0.270 e. The Kier molecular flexibility index (Phi) is 5.66. The Hall–Kier alpha value is -3.57. The predicted molar refractivity (Wildman–Crippen MR) is 122 cm³/mol. The smallest absolute Gasteiger partial charge is 0.269 e. The van der Waals surface area contributed by atoms with Crippen LogP contribution in [0.1, 0.15) is 10.4 Å². The number of rotatable bonds is 6. The highest BCUT2D eigenvalue weighted by atomic mass is 32.2. The third-order valence-corrected chi connectivity index (χ3v) is 8.01. The number of benzene rings is 3. The molecule has 0 saturated carbocycles. The molecule has 11 heteroatoms. The number of thioether (sulfide) groups is 1. The number of amides is 1. The predicted octanol–water partition coefficient (Wildman–Crippen LogP) is 4.15. The van der Waals surface area contributed by atoms with E-state index < -0.39 is 27.6 Å². The molecule has 34 heavy (non-hydrogen) atoms. The summed E-state index contributed by atoms with van der Waals surface area (Å²) >= 11 is 1.20. The van der Waals surface area contributed by atoms with Gasteiger partial charge < -0.3 is 0 Å². The number of fused-ring (bicyclic) bond motifs is 1. The second-order valence-electron chi connectivity index (χ2n) is 7.35. The Morgan fingerprint density at radius 1 is 0.853 bits per heavy atom. The van der Waals surface area contributed by atoms with Gasteiger partial charge in [0.1, 0.15) is 16.5 Å². The van der Waals surface area contributed by atoms with Crippen molar-refractivity contribution in [1.82, 2.24) is 19.1 Å². The van der Waals surface area contributed by atoms with Crippen LogP contribution >= 0.6 is 11.8 Å². The van der Waals surface area contributed by atoms with E-state index in [0.29, 0.717) is 22.2 Å². The van der Waals surface area contributed by atoms with Gasteiger partial charge in [0, 0.05) is 23.5 Å². The summed E-state index contributed by atoms with van der Waals surface area (Å²) in [5.41, 5.74) is 1.32. The lowest BCUT2D eigenvalue weighted by molar-refractivity contribution is 0.0876. The summed E-state index contributed by atoms with van der Waals surface area (Å²) in [6.07, 6.45) is 0. The van der Waals surface area contributed by atoms with Crippen LogP contribution in [0.15, 0.2) is 82.8 Å². The van der Waals surface area contributed by atoms with Gasteiger partial charge >= 0.3 is 0 Å². The van der Waals surface area contributed by atoms with E-state index in [0.717, 1.165) is 4.31 Å². The van der Waals surface area contributed by atoms with Gasteiger partial charge in [-0.2, -0.15) is 0 Å². The lowest BCUT2D eigenvalue weighted by Crippen LogP contribution is -2.32. The summed E-state index contributed by atoms with van der Waals surface area (Å²) in [6.45, 7) is -0.0668. The van der Waals surface area contributed by atoms with Gasteiger partial charge in [-0.25, -0.2) is 21.5 Å². The molecule has 172 valence electrons. The van der Waals surface area contributed by atoms with E-state index in [1.807, 2.05) is 0 Å². The van der Waals surface area contributed by atoms with Crippen molar-refractivity contribution in [3.05, 3.63) is 90.0 Å². The Morgan fingerprint density at radius 2 is 1.50 bits per heavy atom. The van der Waals surface area contributed by atoms with Crippen LogP contribution in [-0.4, -0.2) is 45.7 Å². The first-order chi connectivity index (χ1) is 16.4. The zero-order chi connectivity index (χ0) is 23.9. The second-order valence-corrected chi connectivity index (χ2v) is 10.2. The molecule has 3 aromatic carbocycles. The molecule has 4 aromatic rings. The van der Waals surface area contributed by atoms with Crippen molar-refractivity contribution in [1.29, 1.82) is 0 Å². The highest BCUT2D eigenvalue weighted by molar-refractivity contribution is 7.99. The highest BCUT2D eigenvalue weighted by Gasteiger charge is 2.40. The van der Waals surface area contributed by atoms with Crippen molar-refractivity contribution in [3.8, 4) is 17.1 Å². The molecule has 0 N–H and O–H groups in total. The molecule has 0 bridgehead atoms. The molecule has 0 spiro atoms. The van der Waals surface area contributed by atoms with Gasteiger partial charge in [-0.05, 0) is 60.7 Å². The van der Waals surface area contributed by atoms with Crippen LogP contribution in [0.4, 0.5) is 8.78 Å². The molecule has 0 radical (unpaired) electrons. The first kappa shape index (κ1) is 22.2. The largest absolute Gasteiger partial charge is 0.270 e. The summed E-state index contributed by atoms with van der Waals surface area (Å²) in [5.74, 6) is -0.758. The zero-order valence-corrected chi connectivity index (χ0v) is 19.1. The van der Waals surface area contributed by atoms with Gasteiger partial charge in [0.25, 0.3) is 15.9 Å². The lowest BCUT2D eigenvalue weighted by Gasteiger charge is -2.15. The number of aromatic nitrogens is 3. The normalized spacial score (nSPS) is 14.4. The molecular weight excluding hydrogens is 482 g/mol. The Bertz CT molecular complexity index is 1490. The van der Waals surface area contributed by atoms with Crippen LogP contribution in [0.25, 0.3) is 17.1 Å². The van der Waals surface area contributed by atoms with E-state index >= 15 is 0 Å². The summed E-state index contributed by atoms with van der Waals surface area (Å²) in [4.78, 5) is 12.6. The molecule has 0 fully saturated rings. The average Bonchev–Trinajstić information content (AvgIpc) is 3.33. The molecule has 1 aliphatic rings. The third-order valence-electron chi connectivity index (χ3n) is 5.26. The topological polar surface area (TPSA) is 85.2 Å². The number of carbonyl (C=O) groups is 1. The SMILES string of the molecule is O=C1c2ccccc2S(=O)(=O)N1CCSc1nnc(-c2ccc(F)cc2)n1-c1ccc(F)cc1. The monoisotopic (exact) mass is 498 g/mol. The van der Waals surface area contributed by atoms with Gasteiger partial charge in [-0.15, -0.1) is 10.2 Å². The third kappa shape index (κ3) is 3.86. The summed E-state index contributed by atoms with van der Waals surface area (Å²) < 4.78 is 55.0. The summed E-state index contributed by atoms with van der Waals surface area (Å²) in [6, 6.07) is 17.5. The average molecular weight is 499 g/mol. The van der Waals surface area contributed by atoms with E-state index in [-0.39, 0.29) is 22.8 Å². The van der Waals surface area contributed by atoms with Crippen LogP contribution < -0.4 is 0 Å². The Labute approximate surface area is 198 Å². The molecule has 1 aromatic heterocycles. The van der Waals surface area contributed by atoms with Crippen molar-refractivity contribution in [2.75, 3.05) is 12.3 Å². The molecule has 1 aliphatic heterocycles. The van der Waals surface area contributed by atoms with Crippen LogP contribution in [0.5, 0.6) is 0 Å². The van der Waals surface area contributed by atoms with Gasteiger partial charge in [-0.1, -0.05) is 23.9 Å². The minimum absolute atomic E-state index is 0.00178. The maximum atomic E-state index is 13.5. The molecular formula is C23H16F2N4O3S2. The fourth-order valence-electron chi connectivity index (χ4n) is 3.64. The summed E-state index contributed by atoms with van der Waals surface area (Å²) in [5, 5.41) is 8.84. The lowest BCUT2D eigenvalue weighted by atomic mass is 10.2. The van der Waals surface area contributed by atoms with E-state index in [2.05, 4.69) is 10.2 Å². The number of hydrogen-bond donors (Lipinski definition) is 0. The fourth-order valence-corrected chi connectivity index (χ4v) is 6.21. The Morgan fingerprint density at radius 3 is 2.18 bits per heavy atom. The standard InChI is InChI=1S/C23H16F2N4O3S2/c24-16-7-5-15(6-8-16)21-26-27-23(29(21)18-11-9-17(25)10-12-18)33-14-13-28-22(30)19-3-1-2-4-20(19)34(28,31)32/h1-12H,13-14H2. The van der Waals surface area contributed by atoms with Crippen molar-refractivity contribution in [2.45, 2.75) is 10.1 Å². The zero-order valence-electron chi connectivity index (χ0n) is 17.4. The molecule has 7 nitrogen and oxygen atoms in total. The van der Waals surface area contributed by atoms with Crippen LogP contribution in [0.3, 0.4) is 0 Å². The molecule has 0 atom stereocenters. The summed E-state index contributed by atoms with van der Waals surface area (Å²) in [7, 11) is -3.91. The van der Waals surface area contributed by atoms with Gasteiger partial charge in [0.05, 0.1) is 5.56 Å². The first-order valence-corrected chi connectivity index (χ1v) is 12.5. The van der Waals surface area contributed by atoms with E-state index in [9.17, 15) is 22.0 Å². The van der Waals surface area contributed by atoms with E-state index in [1.165, 1.54) is 48.2 Å². The van der Waals surface area contributed by atoms with Crippen molar-refractivity contribution in [2.24, 2.45) is 0 Å². The van der Waals surface area contributed by atoms with Crippen molar-refractivity contribution < 1.29 is 22.0 Å². The number of halogens is 2. The number of sulfonamides is 1. The maximum absolute atomic E-state index is 13.5. The van der Waals surface area contributed by atoms with Crippen LogP contribution in [0, 0.1) is 11.6 Å². The van der Waals surface area contributed by atoms with Crippen molar-refractivity contribution >= 4 is 27.7 Å². The second kappa shape index (κ2) is 8.65. The fraction of sp³-hybridized carbons (Fsp3) is 0.0870. The van der Waals surface area contributed by atoms with Crippen LogP contribution in [0.2, 0.25) is 0 Å². The molecule has 1 amide bonds. The molecule has 0 unspecified atom stereocenters. The number of hydrogen-bond acceptors (Lipinski definition) is 6. The highest BCUT2D eigenvalue weighted by Crippen LogP contribution is 2.32. The maximum Gasteiger partial charge on any atom is 0.269 e. The molecule has 0 aliphatic carbocycles. The number of carbonyl (C=O) groups excluding carboxylic acids is 1. The molecule has 5 rings (SSSR count). The van der Waals surface area contributed by atoms with E-state index in [4.69, 9.17) is 0 Å². The quantitative estimate of drug-likeness (QED) is 0.372. The minimum atomic E-state index is -3.91. The van der Waals surface area contributed by atoms with Gasteiger partial charge in [0.15, 0.2) is 11.0 Å². The van der Waals surface area contributed by atoms with E-state index in [1.54, 1.807) is 41.0 Å². The molecule has 2 heterocycles. The Balaban J connectivity index is 1.43. The van der Waals surface area contributed by atoms with Crippen molar-refractivity contribution in [3.63, 3.8) is 0 Å². The van der Waals surface area contributed by atoms with Gasteiger partial charge in [0.2, 0.25) is 0 Å². The number of nitrogens with zero attached hydrogens (tertiary/aromatic N) is 4.